The van der Waals surface area contributed by atoms with Gasteiger partial charge in [0.05, 0.1) is 11.9 Å². The Morgan fingerprint density at radius 3 is 2.74 bits per heavy atom. The molecular formula is C15H15N3O. The monoisotopic (exact) mass is 253 g/mol. The van der Waals surface area contributed by atoms with Gasteiger partial charge in [0.1, 0.15) is 5.82 Å². The maximum absolute atomic E-state index is 11.7. The molecule has 0 amide bonds. The van der Waals surface area contributed by atoms with Crippen molar-refractivity contribution in [2.24, 2.45) is 7.05 Å². The minimum absolute atomic E-state index is 0.108. The Morgan fingerprint density at radius 2 is 2.05 bits per heavy atom. The minimum Gasteiger partial charge on any atom is -0.322 e. The van der Waals surface area contributed by atoms with Crippen LogP contribution in [0.15, 0.2) is 42.6 Å². The normalized spacial score (nSPS) is 14.0. The Labute approximate surface area is 112 Å². The molecule has 0 saturated heterocycles. The number of fused-ring (bicyclic) bond motifs is 1. The summed E-state index contributed by atoms with van der Waals surface area (Å²) in [5, 5.41) is 4.21. The van der Waals surface area contributed by atoms with Gasteiger partial charge in [-0.25, -0.2) is 0 Å². The summed E-state index contributed by atoms with van der Waals surface area (Å²) in [6, 6.07) is 9.96. The number of aryl methyl sites for hydroxylation is 1. The molecule has 1 aromatic carbocycles. The van der Waals surface area contributed by atoms with Crippen LogP contribution in [0.25, 0.3) is 5.57 Å². The molecule has 0 fully saturated rings. The SMILES string of the molecule is CC(=O)C1=CCN(c2ccnn2C)c2ccccc21. The average molecular weight is 253 g/mol. The second kappa shape index (κ2) is 4.39. The Hall–Kier alpha value is -2.36. The fourth-order valence-corrected chi connectivity index (χ4v) is 2.51. The lowest BCUT2D eigenvalue weighted by Gasteiger charge is -2.29. The molecule has 2 aromatic rings. The van der Waals surface area contributed by atoms with Gasteiger partial charge in [0.15, 0.2) is 5.78 Å². The van der Waals surface area contributed by atoms with E-state index >= 15 is 0 Å². The number of Topliss-reactive ketones (excluding diaryl/α,β-unsaturated/α-hetero) is 1. The molecule has 1 aromatic heterocycles. The van der Waals surface area contributed by atoms with Crippen molar-refractivity contribution in [1.29, 1.82) is 0 Å². The van der Waals surface area contributed by atoms with Crippen molar-refractivity contribution in [1.82, 2.24) is 9.78 Å². The molecule has 0 radical (unpaired) electrons. The van der Waals surface area contributed by atoms with Crippen molar-refractivity contribution in [3.8, 4) is 0 Å². The number of rotatable bonds is 2. The van der Waals surface area contributed by atoms with Gasteiger partial charge in [0.2, 0.25) is 0 Å². The molecule has 0 aliphatic carbocycles. The van der Waals surface area contributed by atoms with E-state index in [1.165, 1.54) is 0 Å². The average Bonchev–Trinajstić information content (AvgIpc) is 2.83. The predicted octanol–water partition coefficient (Wildman–Crippen LogP) is 2.54. The minimum atomic E-state index is 0.108. The fourth-order valence-electron chi connectivity index (χ4n) is 2.51. The second-order valence-electron chi connectivity index (χ2n) is 4.61. The Bertz CT molecular complexity index is 670. The van der Waals surface area contributed by atoms with Crippen LogP contribution >= 0.6 is 0 Å². The van der Waals surface area contributed by atoms with Crippen LogP contribution in [0.3, 0.4) is 0 Å². The quantitative estimate of drug-likeness (QED) is 0.825. The molecule has 0 saturated carbocycles. The van der Waals surface area contributed by atoms with Gasteiger partial charge in [-0.2, -0.15) is 5.10 Å². The summed E-state index contributed by atoms with van der Waals surface area (Å²) in [5.74, 6) is 1.13. The van der Waals surface area contributed by atoms with E-state index in [1.54, 1.807) is 13.1 Å². The molecular weight excluding hydrogens is 238 g/mol. The number of ketones is 1. The molecule has 96 valence electrons. The first-order valence-electron chi connectivity index (χ1n) is 6.24. The summed E-state index contributed by atoms with van der Waals surface area (Å²) < 4.78 is 1.84. The Kier molecular flexibility index (Phi) is 2.71. The molecule has 0 N–H and O–H groups in total. The molecule has 1 aliphatic heterocycles. The summed E-state index contributed by atoms with van der Waals surface area (Å²) >= 11 is 0. The summed E-state index contributed by atoms with van der Waals surface area (Å²) in [5.41, 5.74) is 2.84. The zero-order valence-electron chi connectivity index (χ0n) is 11.0. The predicted molar refractivity (Wildman–Crippen MR) is 75.3 cm³/mol. The summed E-state index contributed by atoms with van der Waals surface area (Å²) in [6.45, 7) is 2.30. The van der Waals surface area contributed by atoms with Crippen molar-refractivity contribution in [3.05, 3.63) is 48.2 Å². The molecule has 0 atom stereocenters. The number of allylic oxidation sites excluding steroid dienone is 1. The topological polar surface area (TPSA) is 38.1 Å². The molecule has 2 heterocycles. The van der Waals surface area contributed by atoms with Crippen molar-refractivity contribution in [2.75, 3.05) is 11.4 Å². The van der Waals surface area contributed by atoms with Crippen molar-refractivity contribution in [2.45, 2.75) is 6.92 Å². The number of hydrogen-bond acceptors (Lipinski definition) is 3. The van der Waals surface area contributed by atoms with E-state index < -0.39 is 0 Å². The lowest BCUT2D eigenvalue weighted by molar-refractivity contribution is -0.111. The first kappa shape index (κ1) is 11.7. The van der Waals surface area contributed by atoms with Crippen LogP contribution in [0.1, 0.15) is 12.5 Å². The number of hydrogen-bond donors (Lipinski definition) is 0. The summed E-state index contributed by atoms with van der Waals surface area (Å²) in [4.78, 5) is 13.9. The highest BCUT2D eigenvalue weighted by molar-refractivity contribution is 6.21. The standard InChI is InChI=1S/C15H15N3O/c1-11(19)12-8-10-18(15-7-9-16-17(15)2)14-6-4-3-5-13(12)14/h3-9H,10H2,1-2H3. The number of nitrogens with zero attached hydrogens (tertiary/aromatic N) is 3. The number of benzene rings is 1. The van der Waals surface area contributed by atoms with E-state index in [0.29, 0.717) is 6.54 Å². The molecule has 4 nitrogen and oxygen atoms in total. The Balaban J connectivity index is 2.14. The van der Waals surface area contributed by atoms with Crippen molar-refractivity contribution < 1.29 is 4.79 Å². The number of carbonyl (C=O) groups excluding carboxylic acids is 1. The maximum Gasteiger partial charge on any atom is 0.160 e. The van der Waals surface area contributed by atoms with Gasteiger partial charge >= 0.3 is 0 Å². The van der Waals surface area contributed by atoms with E-state index in [4.69, 9.17) is 0 Å². The smallest absolute Gasteiger partial charge is 0.160 e. The molecule has 0 spiro atoms. The van der Waals surface area contributed by atoms with Gasteiger partial charge in [-0.05, 0) is 13.0 Å². The van der Waals surface area contributed by atoms with Gasteiger partial charge in [0, 0.05) is 30.8 Å². The molecule has 1 aliphatic rings. The lowest BCUT2D eigenvalue weighted by Crippen LogP contribution is -2.25. The second-order valence-corrected chi connectivity index (χ2v) is 4.61. The van der Waals surface area contributed by atoms with Crippen LogP contribution in [0.4, 0.5) is 11.5 Å². The third-order valence-corrected chi connectivity index (χ3v) is 3.41. The highest BCUT2D eigenvalue weighted by Gasteiger charge is 2.22. The van der Waals surface area contributed by atoms with Crippen LogP contribution in [-0.4, -0.2) is 22.1 Å². The third-order valence-electron chi connectivity index (χ3n) is 3.41. The highest BCUT2D eigenvalue weighted by atomic mass is 16.1. The zero-order chi connectivity index (χ0) is 13.4. The van der Waals surface area contributed by atoms with E-state index in [9.17, 15) is 4.79 Å². The first-order valence-corrected chi connectivity index (χ1v) is 6.24. The molecule has 0 bridgehead atoms. The third kappa shape index (κ3) is 1.85. The van der Waals surface area contributed by atoms with Gasteiger partial charge in [-0.1, -0.05) is 24.3 Å². The number of aromatic nitrogens is 2. The van der Waals surface area contributed by atoms with E-state index in [0.717, 1.165) is 22.6 Å². The number of para-hydroxylation sites is 1. The van der Waals surface area contributed by atoms with Crippen molar-refractivity contribution in [3.63, 3.8) is 0 Å². The maximum atomic E-state index is 11.7. The molecule has 4 heteroatoms. The number of carbonyl (C=O) groups is 1. The largest absolute Gasteiger partial charge is 0.322 e. The van der Waals surface area contributed by atoms with Gasteiger partial charge < -0.3 is 4.90 Å². The Morgan fingerprint density at radius 1 is 1.26 bits per heavy atom. The van der Waals surface area contributed by atoms with Gasteiger partial charge in [-0.15, -0.1) is 0 Å². The lowest BCUT2D eigenvalue weighted by atomic mass is 9.96. The molecule has 0 unspecified atom stereocenters. The van der Waals surface area contributed by atoms with Crippen LogP contribution < -0.4 is 4.90 Å². The first-order chi connectivity index (χ1) is 9.18. The van der Waals surface area contributed by atoms with Gasteiger partial charge in [-0.3, -0.25) is 9.48 Å². The van der Waals surface area contributed by atoms with Crippen molar-refractivity contribution >= 4 is 22.9 Å². The van der Waals surface area contributed by atoms with Crippen LogP contribution in [-0.2, 0) is 11.8 Å². The van der Waals surface area contributed by atoms with Crippen LogP contribution in [0.2, 0.25) is 0 Å². The zero-order valence-corrected chi connectivity index (χ0v) is 11.0. The van der Waals surface area contributed by atoms with E-state index in [2.05, 4.69) is 10.00 Å². The van der Waals surface area contributed by atoms with E-state index in [1.807, 2.05) is 48.1 Å². The summed E-state index contributed by atoms with van der Waals surface area (Å²) in [7, 11) is 1.92. The van der Waals surface area contributed by atoms with E-state index in [-0.39, 0.29) is 5.78 Å². The number of anilines is 2. The van der Waals surface area contributed by atoms with Crippen LogP contribution in [0.5, 0.6) is 0 Å². The highest BCUT2D eigenvalue weighted by Crippen LogP contribution is 2.35. The van der Waals surface area contributed by atoms with Gasteiger partial charge in [0.25, 0.3) is 0 Å². The molecule has 3 rings (SSSR count). The molecule has 19 heavy (non-hydrogen) atoms. The summed E-state index contributed by atoms with van der Waals surface area (Å²) in [6.07, 6.45) is 3.76. The van der Waals surface area contributed by atoms with Crippen LogP contribution in [0, 0.1) is 0 Å². The fraction of sp³-hybridized carbons (Fsp3) is 0.200.